The van der Waals surface area contributed by atoms with E-state index in [1.807, 2.05) is 30.3 Å². The zero-order valence-electron chi connectivity index (χ0n) is 8.73. The zero-order valence-corrected chi connectivity index (χ0v) is 9.54. The molecule has 3 N–H and O–H groups in total. The van der Waals surface area contributed by atoms with Crippen molar-refractivity contribution >= 4 is 12.4 Å². The van der Waals surface area contributed by atoms with Gasteiger partial charge in [-0.25, -0.2) is 0 Å². The van der Waals surface area contributed by atoms with Crippen molar-refractivity contribution in [2.75, 3.05) is 6.61 Å². The van der Waals surface area contributed by atoms with Gasteiger partial charge < -0.3 is 10.8 Å². The summed E-state index contributed by atoms with van der Waals surface area (Å²) in [6.07, 6.45) is 3.05. The maximum Gasteiger partial charge on any atom is 0.0617 e. The molecule has 0 spiro atoms. The molecule has 0 aliphatic rings. The van der Waals surface area contributed by atoms with E-state index in [0.717, 1.165) is 5.56 Å². The van der Waals surface area contributed by atoms with Gasteiger partial charge in [0, 0.05) is 5.54 Å². The van der Waals surface area contributed by atoms with Gasteiger partial charge in [0.25, 0.3) is 0 Å². The van der Waals surface area contributed by atoms with Crippen molar-refractivity contribution < 1.29 is 5.11 Å². The van der Waals surface area contributed by atoms with Crippen LogP contribution in [0.25, 0.3) is 0 Å². The lowest BCUT2D eigenvalue weighted by atomic mass is 9.89. The van der Waals surface area contributed by atoms with E-state index in [2.05, 4.69) is 6.58 Å². The lowest BCUT2D eigenvalue weighted by Crippen LogP contribution is -2.45. The molecular formula is C12H18ClNO. The average molecular weight is 228 g/mol. The van der Waals surface area contributed by atoms with Gasteiger partial charge in [-0.15, -0.1) is 19.0 Å². The summed E-state index contributed by atoms with van der Waals surface area (Å²) in [6, 6.07) is 9.94. The molecule has 0 bridgehead atoms. The van der Waals surface area contributed by atoms with Crippen molar-refractivity contribution in [3.63, 3.8) is 0 Å². The first-order valence-electron chi connectivity index (χ1n) is 4.75. The summed E-state index contributed by atoms with van der Waals surface area (Å²) in [5.74, 6) is 0. The third-order valence-electron chi connectivity index (χ3n) is 2.26. The van der Waals surface area contributed by atoms with Crippen LogP contribution in [-0.4, -0.2) is 17.3 Å². The Hall–Kier alpha value is -0.830. The summed E-state index contributed by atoms with van der Waals surface area (Å²) in [7, 11) is 0. The number of rotatable bonds is 5. The highest BCUT2D eigenvalue weighted by Gasteiger charge is 2.22. The Kier molecular flexibility index (Phi) is 6.25. The highest BCUT2D eigenvalue weighted by molar-refractivity contribution is 5.85. The van der Waals surface area contributed by atoms with Crippen LogP contribution in [0.15, 0.2) is 43.0 Å². The number of aliphatic hydroxyl groups is 1. The molecule has 0 heterocycles. The number of nitrogens with two attached hydrogens (primary N) is 1. The third-order valence-corrected chi connectivity index (χ3v) is 2.26. The minimum Gasteiger partial charge on any atom is -0.394 e. The number of hydrogen-bond donors (Lipinski definition) is 2. The zero-order chi connectivity index (χ0) is 10.4. The maximum absolute atomic E-state index is 9.20. The van der Waals surface area contributed by atoms with Crippen molar-refractivity contribution in [2.45, 2.75) is 18.4 Å². The molecule has 1 aromatic rings. The predicted molar refractivity (Wildman–Crippen MR) is 66.2 cm³/mol. The first-order chi connectivity index (χ1) is 6.70. The second-order valence-corrected chi connectivity index (χ2v) is 3.68. The Morgan fingerprint density at radius 1 is 1.33 bits per heavy atom. The van der Waals surface area contributed by atoms with Crippen molar-refractivity contribution in [2.24, 2.45) is 5.73 Å². The van der Waals surface area contributed by atoms with Crippen LogP contribution in [0.4, 0.5) is 0 Å². The molecule has 1 rings (SSSR count). The van der Waals surface area contributed by atoms with Gasteiger partial charge in [-0.3, -0.25) is 0 Å². The Morgan fingerprint density at radius 2 is 1.93 bits per heavy atom. The lowest BCUT2D eigenvalue weighted by Gasteiger charge is -2.25. The van der Waals surface area contributed by atoms with Crippen LogP contribution in [0.5, 0.6) is 0 Å². The Bertz CT molecular complexity index is 289. The van der Waals surface area contributed by atoms with Crippen LogP contribution >= 0.6 is 12.4 Å². The van der Waals surface area contributed by atoms with E-state index in [0.29, 0.717) is 12.8 Å². The molecule has 0 aliphatic heterocycles. The highest BCUT2D eigenvalue weighted by atomic mass is 35.5. The van der Waals surface area contributed by atoms with Crippen LogP contribution in [-0.2, 0) is 6.42 Å². The van der Waals surface area contributed by atoms with Gasteiger partial charge in [-0.05, 0) is 18.4 Å². The fourth-order valence-corrected chi connectivity index (χ4v) is 1.48. The van der Waals surface area contributed by atoms with Crippen molar-refractivity contribution in [3.8, 4) is 0 Å². The molecule has 84 valence electrons. The number of halogens is 1. The van der Waals surface area contributed by atoms with Gasteiger partial charge in [0.2, 0.25) is 0 Å². The minimum absolute atomic E-state index is 0. The average Bonchev–Trinajstić information content (AvgIpc) is 2.20. The molecular weight excluding hydrogens is 210 g/mol. The van der Waals surface area contributed by atoms with Crippen LogP contribution in [0.2, 0.25) is 0 Å². The molecule has 0 amide bonds. The molecule has 15 heavy (non-hydrogen) atoms. The first kappa shape index (κ1) is 14.2. The molecule has 0 radical (unpaired) electrons. The third kappa shape index (κ3) is 4.47. The van der Waals surface area contributed by atoms with Gasteiger partial charge in [-0.1, -0.05) is 36.4 Å². The Labute approximate surface area is 97.2 Å². The molecule has 0 saturated carbocycles. The second-order valence-electron chi connectivity index (χ2n) is 3.68. The normalized spacial score (nSPS) is 13.7. The number of hydrogen-bond acceptors (Lipinski definition) is 2. The maximum atomic E-state index is 9.20. The molecule has 3 heteroatoms. The van der Waals surface area contributed by atoms with Gasteiger partial charge in [0.1, 0.15) is 0 Å². The fraction of sp³-hybridized carbons (Fsp3) is 0.333. The topological polar surface area (TPSA) is 46.2 Å². The van der Waals surface area contributed by atoms with Gasteiger partial charge in [-0.2, -0.15) is 0 Å². The summed E-state index contributed by atoms with van der Waals surface area (Å²) < 4.78 is 0. The Morgan fingerprint density at radius 3 is 2.40 bits per heavy atom. The molecule has 0 fully saturated rings. The molecule has 1 aromatic carbocycles. The van der Waals surface area contributed by atoms with Gasteiger partial charge in [0.15, 0.2) is 0 Å². The fourth-order valence-electron chi connectivity index (χ4n) is 1.48. The lowest BCUT2D eigenvalue weighted by molar-refractivity contribution is 0.196. The molecule has 0 aliphatic carbocycles. The molecule has 1 atom stereocenters. The minimum atomic E-state index is -0.566. The standard InChI is InChI=1S/C12H17NO.ClH/c1-2-8-12(13,10-14)9-11-6-4-3-5-7-11;/h2-7,14H,1,8-10,13H2;1H. The molecule has 0 saturated heterocycles. The molecule has 1 unspecified atom stereocenters. The monoisotopic (exact) mass is 227 g/mol. The largest absolute Gasteiger partial charge is 0.394 e. The summed E-state index contributed by atoms with van der Waals surface area (Å²) in [5, 5.41) is 9.20. The number of aliphatic hydroxyl groups excluding tert-OH is 1. The SMILES string of the molecule is C=CCC(N)(CO)Cc1ccccc1.Cl. The highest BCUT2D eigenvalue weighted by Crippen LogP contribution is 2.14. The number of benzene rings is 1. The van der Waals surface area contributed by atoms with Gasteiger partial charge >= 0.3 is 0 Å². The van der Waals surface area contributed by atoms with Gasteiger partial charge in [0.05, 0.1) is 6.61 Å². The second kappa shape index (κ2) is 6.62. The van der Waals surface area contributed by atoms with E-state index in [9.17, 15) is 5.11 Å². The van der Waals surface area contributed by atoms with E-state index in [-0.39, 0.29) is 19.0 Å². The van der Waals surface area contributed by atoms with Crippen LogP contribution in [0, 0.1) is 0 Å². The predicted octanol–water partition coefficient (Wildman–Crippen LogP) is 1.92. The smallest absolute Gasteiger partial charge is 0.0617 e. The van der Waals surface area contributed by atoms with E-state index < -0.39 is 5.54 Å². The van der Waals surface area contributed by atoms with E-state index in [4.69, 9.17) is 5.73 Å². The first-order valence-corrected chi connectivity index (χ1v) is 4.75. The summed E-state index contributed by atoms with van der Waals surface area (Å²) in [5.41, 5.74) is 6.60. The van der Waals surface area contributed by atoms with E-state index in [1.165, 1.54) is 0 Å². The van der Waals surface area contributed by atoms with Crippen molar-refractivity contribution in [3.05, 3.63) is 48.6 Å². The summed E-state index contributed by atoms with van der Waals surface area (Å²) in [6.45, 7) is 3.62. The summed E-state index contributed by atoms with van der Waals surface area (Å²) in [4.78, 5) is 0. The van der Waals surface area contributed by atoms with Crippen LogP contribution in [0.1, 0.15) is 12.0 Å². The van der Waals surface area contributed by atoms with E-state index >= 15 is 0 Å². The van der Waals surface area contributed by atoms with Crippen LogP contribution < -0.4 is 5.73 Å². The molecule has 0 aromatic heterocycles. The van der Waals surface area contributed by atoms with Crippen molar-refractivity contribution in [1.82, 2.24) is 0 Å². The quantitative estimate of drug-likeness (QED) is 0.755. The van der Waals surface area contributed by atoms with E-state index in [1.54, 1.807) is 6.08 Å². The Balaban J connectivity index is 0.00000196. The van der Waals surface area contributed by atoms with Crippen LogP contribution in [0.3, 0.4) is 0 Å². The molecule has 2 nitrogen and oxygen atoms in total. The summed E-state index contributed by atoms with van der Waals surface area (Å²) >= 11 is 0. The van der Waals surface area contributed by atoms with Crippen molar-refractivity contribution in [1.29, 1.82) is 0 Å².